The van der Waals surface area contributed by atoms with Gasteiger partial charge in [0.15, 0.2) is 0 Å². The maximum Gasteiger partial charge on any atom is 0.133 e. The van der Waals surface area contributed by atoms with Crippen LogP contribution in [0.15, 0.2) is 46.5 Å². The highest BCUT2D eigenvalue weighted by Crippen LogP contribution is 2.38. The summed E-state index contributed by atoms with van der Waals surface area (Å²) in [4.78, 5) is 5.29. The van der Waals surface area contributed by atoms with Crippen molar-refractivity contribution in [1.82, 2.24) is 4.98 Å². The zero-order valence-corrected chi connectivity index (χ0v) is 12.4. The molecule has 0 aliphatic rings. The number of aromatic nitrogens is 1. The summed E-state index contributed by atoms with van der Waals surface area (Å²) >= 11 is 1.55. The molecule has 0 spiro atoms. The van der Waals surface area contributed by atoms with Gasteiger partial charge in [-0.05, 0) is 42.8 Å². The molecule has 4 nitrogen and oxygen atoms in total. The van der Waals surface area contributed by atoms with Crippen LogP contribution in [0.4, 0.5) is 0 Å². The lowest BCUT2D eigenvalue weighted by molar-refractivity contribution is 0.390. The fourth-order valence-electron chi connectivity index (χ4n) is 1.88. The van der Waals surface area contributed by atoms with Gasteiger partial charge in [-0.2, -0.15) is 0 Å². The monoisotopic (exact) mass is 290 g/mol. The minimum atomic E-state index is 0.576. The summed E-state index contributed by atoms with van der Waals surface area (Å²) in [6.45, 7) is 0.576. The lowest BCUT2D eigenvalue weighted by Crippen LogP contribution is -2.05. The van der Waals surface area contributed by atoms with E-state index in [-0.39, 0.29) is 0 Å². The fraction of sp³-hybridized carbons (Fsp3) is 0.267. The first kappa shape index (κ1) is 14.7. The molecule has 1 heterocycles. The molecule has 20 heavy (non-hydrogen) atoms. The van der Waals surface area contributed by atoms with Crippen molar-refractivity contribution < 1.29 is 9.47 Å². The number of pyridine rings is 1. The van der Waals surface area contributed by atoms with Gasteiger partial charge in [0, 0.05) is 6.20 Å². The van der Waals surface area contributed by atoms with Crippen LogP contribution in [0, 0.1) is 0 Å². The number of ether oxygens (including phenoxy) is 2. The average Bonchev–Trinajstić information content (AvgIpc) is 2.49. The second-order valence-electron chi connectivity index (χ2n) is 4.12. The molecule has 0 atom stereocenters. The highest BCUT2D eigenvalue weighted by Gasteiger charge is 2.12. The molecule has 0 aliphatic carbocycles. The number of nitrogens with two attached hydrogens (primary N) is 1. The van der Waals surface area contributed by atoms with Crippen molar-refractivity contribution >= 4 is 11.8 Å². The van der Waals surface area contributed by atoms with Gasteiger partial charge < -0.3 is 15.2 Å². The van der Waals surface area contributed by atoms with E-state index in [1.807, 2.05) is 30.3 Å². The fourth-order valence-corrected chi connectivity index (χ4v) is 2.78. The predicted molar refractivity (Wildman–Crippen MR) is 80.7 cm³/mol. The third-order valence-corrected chi connectivity index (χ3v) is 3.82. The maximum absolute atomic E-state index is 5.63. The summed E-state index contributed by atoms with van der Waals surface area (Å²) in [5.41, 5.74) is 6.68. The first-order valence-corrected chi connectivity index (χ1v) is 7.14. The number of benzene rings is 1. The van der Waals surface area contributed by atoms with E-state index >= 15 is 0 Å². The summed E-state index contributed by atoms with van der Waals surface area (Å²) in [5, 5.41) is 0.916. The molecule has 0 saturated heterocycles. The average molecular weight is 290 g/mol. The van der Waals surface area contributed by atoms with Crippen LogP contribution in [0.5, 0.6) is 11.5 Å². The summed E-state index contributed by atoms with van der Waals surface area (Å²) in [6.07, 6.45) is 2.53. The van der Waals surface area contributed by atoms with Crippen LogP contribution >= 0.6 is 11.8 Å². The Morgan fingerprint density at radius 2 is 1.95 bits per heavy atom. The molecule has 0 saturated carbocycles. The van der Waals surface area contributed by atoms with Crippen LogP contribution in [-0.4, -0.2) is 25.7 Å². The minimum Gasteiger partial charge on any atom is -0.496 e. The first-order chi connectivity index (χ1) is 9.78. The van der Waals surface area contributed by atoms with Crippen molar-refractivity contribution in [1.29, 1.82) is 0 Å². The van der Waals surface area contributed by atoms with Crippen LogP contribution in [0.2, 0.25) is 0 Å². The van der Waals surface area contributed by atoms with E-state index in [9.17, 15) is 0 Å². The van der Waals surface area contributed by atoms with E-state index in [0.717, 1.165) is 33.4 Å². The lowest BCUT2D eigenvalue weighted by atomic mass is 10.1. The van der Waals surface area contributed by atoms with Gasteiger partial charge in [-0.3, -0.25) is 0 Å². The Morgan fingerprint density at radius 1 is 1.15 bits per heavy atom. The Kier molecular flexibility index (Phi) is 5.26. The van der Waals surface area contributed by atoms with Crippen molar-refractivity contribution in [3.8, 4) is 11.5 Å². The highest BCUT2D eigenvalue weighted by molar-refractivity contribution is 7.99. The molecule has 0 fully saturated rings. The van der Waals surface area contributed by atoms with Crippen molar-refractivity contribution in [3.05, 3.63) is 42.1 Å². The van der Waals surface area contributed by atoms with Crippen LogP contribution in [-0.2, 0) is 6.42 Å². The smallest absolute Gasteiger partial charge is 0.133 e. The molecule has 0 bridgehead atoms. The second-order valence-corrected chi connectivity index (χ2v) is 5.19. The van der Waals surface area contributed by atoms with Crippen LogP contribution in [0.25, 0.3) is 0 Å². The molecule has 0 amide bonds. The van der Waals surface area contributed by atoms with Gasteiger partial charge in [-0.1, -0.05) is 17.8 Å². The number of rotatable bonds is 6. The third-order valence-electron chi connectivity index (χ3n) is 2.83. The third kappa shape index (κ3) is 3.43. The topological polar surface area (TPSA) is 57.4 Å². The van der Waals surface area contributed by atoms with Gasteiger partial charge in [0.05, 0.1) is 19.1 Å². The van der Waals surface area contributed by atoms with Crippen LogP contribution in [0.1, 0.15) is 5.56 Å². The molecule has 1 aromatic carbocycles. The first-order valence-electron chi connectivity index (χ1n) is 6.32. The number of hydrogen-bond acceptors (Lipinski definition) is 5. The van der Waals surface area contributed by atoms with Crippen molar-refractivity contribution in [2.75, 3.05) is 20.8 Å². The molecule has 0 unspecified atom stereocenters. The predicted octanol–water partition coefficient (Wildman–Crippen LogP) is 2.75. The van der Waals surface area contributed by atoms with Crippen molar-refractivity contribution in [3.63, 3.8) is 0 Å². The van der Waals surface area contributed by atoms with Crippen molar-refractivity contribution in [2.45, 2.75) is 16.3 Å². The Balaban J connectivity index is 2.36. The van der Waals surface area contributed by atoms with Gasteiger partial charge in [0.25, 0.3) is 0 Å². The maximum atomic E-state index is 5.63. The Labute approximate surface area is 123 Å². The second kappa shape index (κ2) is 7.17. The van der Waals surface area contributed by atoms with Gasteiger partial charge in [0.1, 0.15) is 16.5 Å². The van der Waals surface area contributed by atoms with Crippen LogP contribution in [0.3, 0.4) is 0 Å². The molecular weight excluding hydrogens is 272 g/mol. The molecule has 2 aromatic rings. The van der Waals surface area contributed by atoms with E-state index in [2.05, 4.69) is 4.98 Å². The molecule has 2 rings (SSSR count). The van der Waals surface area contributed by atoms with E-state index in [4.69, 9.17) is 15.2 Å². The van der Waals surface area contributed by atoms with E-state index in [0.29, 0.717) is 6.54 Å². The summed E-state index contributed by atoms with van der Waals surface area (Å²) in [6, 6.07) is 9.78. The Bertz CT molecular complexity index is 561. The summed E-state index contributed by atoms with van der Waals surface area (Å²) in [5.74, 6) is 1.64. The summed E-state index contributed by atoms with van der Waals surface area (Å²) in [7, 11) is 3.33. The van der Waals surface area contributed by atoms with Crippen molar-refractivity contribution in [2.24, 2.45) is 5.73 Å². The lowest BCUT2D eigenvalue weighted by Gasteiger charge is -2.14. The van der Waals surface area contributed by atoms with Gasteiger partial charge in [0.2, 0.25) is 0 Å². The summed E-state index contributed by atoms with van der Waals surface area (Å²) < 4.78 is 10.9. The molecule has 5 heteroatoms. The zero-order chi connectivity index (χ0) is 14.4. The number of hydrogen-bond donors (Lipinski definition) is 1. The van der Waals surface area contributed by atoms with Crippen LogP contribution < -0.4 is 15.2 Å². The Morgan fingerprint density at radius 3 is 2.55 bits per heavy atom. The van der Waals surface area contributed by atoms with Gasteiger partial charge in [-0.15, -0.1) is 0 Å². The SMILES string of the molecule is COc1cc(Sc2ccccn2)c(OC)cc1CCN. The quantitative estimate of drug-likeness (QED) is 0.886. The standard InChI is InChI=1S/C15H18N2O2S/c1-18-12-10-14(20-15-5-3-4-8-17-15)13(19-2)9-11(12)6-7-16/h3-5,8-10H,6-7,16H2,1-2H3. The van der Waals surface area contributed by atoms with E-state index in [1.54, 1.807) is 32.2 Å². The zero-order valence-electron chi connectivity index (χ0n) is 11.6. The molecule has 0 radical (unpaired) electrons. The minimum absolute atomic E-state index is 0.576. The molecule has 0 aliphatic heterocycles. The molecule has 106 valence electrons. The molecule has 2 N–H and O–H groups in total. The van der Waals surface area contributed by atoms with E-state index < -0.39 is 0 Å². The van der Waals surface area contributed by atoms with E-state index in [1.165, 1.54) is 0 Å². The largest absolute Gasteiger partial charge is 0.496 e. The number of methoxy groups -OCH3 is 2. The highest BCUT2D eigenvalue weighted by atomic mass is 32.2. The number of nitrogens with zero attached hydrogens (tertiary/aromatic N) is 1. The molecular formula is C15H18N2O2S. The Hall–Kier alpha value is -1.72. The molecule has 1 aromatic heterocycles. The van der Waals surface area contributed by atoms with Gasteiger partial charge in [-0.25, -0.2) is 4.98 Å². The normalized spacial score (nSPS) is 10.3. The van der Waals surface area contributed by atoms with Gasteiger partial charge >= 0.3 is 0 Å².